The Morgan fingerprint density at radius 1 is 1.32 bits per heavy atom. The van der Waals surface area contributed by atoms with Gasteiger partial charge in [0.1, 0.15) is 5.82 Å². The molecular formula is C19H20N6O6. The number of morpholine rings is 1. The van der Waals surface area contributed by atoms with E-state index < -0.39 is 28.2 Å². The minimum Gasteiger partial charge on any atom is -0.378 e. The van der Waals surface area contributed by atoms with Crippen LogP contribution in [0.3, 0.4) is 0 Å². The minimum atomic E-state index is -1.09. The molecular weight excluding hydrogens is 408 g/mol. The molecule has 1 fully saturated rings. The second-order valence-corrected chi connectivity index (χ2v) is 7.30. The number of nitrogens with one attached hydrogen (secondary N) is 3. The van der Waals surface area contributed by atoms with Crippen molar-refractivity contribution in [1.29, 1.82) is 0 Å². The number of aromatic nitrogens is 2. The van der Waals surface area contributed by atoms with Crippen molar-refractivity contribution in [2.45, 2.75) is 19.3 Å². The molecule has 4 rings (SSSR count). The van der Waals surface area contributed by atoms with Crippen molar-refractivity contribution in [1.82, 2.24) is 9.97 Å². The zero-order valence-corrected chi connectivity index (χ0v) is 16.6. The highest BCUT2D eigenvalue weighted by Crippen LogP contribution is 2.31. The molecule has 1 aromatic heterocycles. The number of hydrogen-bond donors (Lipinski definition) is 3. The van der Waals surface area contributed by atoms with Gasteiger partial charge in [0.15, 0.2) is 0 Å². The zero-order valence-electron chi connectivity index (χ0n) is 16.6. The Balaban J connectivity index is 1.65. The predicted octanol–water partition coefficient (Wildman–Crippen LogP) is 0.888. The van der Waals surface area contributed by atoms with Crippen molar-refractivity contribution in [3.63, 3.8) is 0 Å². The third kappa shape index (κ3) is 4.10. The van der Waals surface area contributed by atoms with Crippen molar-refractivity contribution in [3.05, 3.63) is 49.8 Å². The van der Waals surface area contributed by atoms with Gasteiger partial charge in [-0.1, -0.05) is 6.07 Å². The topological polar surface area (TPSA) is 160 Å². The summed E-state index contributed by atoms with van der Waals surface area (Å²) in [6.45, 7) is 3.72. The molecule has 12 nitrogen and oxygen atoms in total. The van der Waals surface area contributed by atoms with Crippen LogP contribution in [0.2, 0.25) is 0 Å². The van der Waals surface area contributed by atoms with E-state index in [0.717, 1.165) is 0 Å². The largest absolute Gasteiger partial charge is 0.378 e. The molecule has 1 aromatic carbocycles. The molecule has 1 saturated heterocycles. The first-order valence-corrected chi connectivity index (χ1v) is 9.66. The maximum Gasteiger partial charge on any atom is 0.271 e. The van der Waals surface area contributed by atoms with Crippen molar-refractivity contribution in [2.75, 3.05) is 41.8 Å². The summed E-state index contributed by atoms with van der Waals surface area (Å²) in [7, 11) is 0. The summed E-state index contributed by atoms with van der Waals surface area (Å²) >= 11 is 0. The summed E-state index contributed by atoms with van der Waals surface area (Å²) in [5.41, 5.74) is 0.187. The summed E-state index contributed by atoms with van der Waals surface area (Å²) in [5, 5.41) is 16.2. The molecule has 2 aliphatic heterocycles. The number of ether oxygens (including phenoxy) is 1. The first-order valence-electron chi connectivity index (χ1n) is 9.66. The molecule has 0 spiro atoms. The van der Waals surface area contributed by atoms with E-state index in [2.05, 4.69) is 20.6 Å². The lowest BCUT2D eigenvalue weighted by Crippen LogP contribution is -2.41. The van der Waals surface area contributed by atoms with Gasteiger partial charge in [-0.25, -0.2) is 0 Å². The van der Waals surface area contributed by atoms with Crippen molar-refractivity contribution in [3.8, 4) is 0 Å². The van der Waals surface area contributed by atoms with Crippen LogP contribution in [0.25, 0.3) is 0 Å². The third-order valence-electron chi connectivity index (χ3n) is 5.26. The number of nitrogens with zero attached hydrogens (tertiary/aromatic N) is 3. The van der Waals surface area contributed by atoms with Gasteiger partial charge < -0.3 is 20.3 Å². The van der Waals surface area contributed by atoms with E-state index in [1.165, 1.54) is 18.2 Å². The molecule has 0 bridgehead atoms. The predicted molar refractivity (Wildman–Crippen MR) is 110 cm³/mol. The number of hydrogen-bond acceptors (Lipinski definition) is 8. The maximum atomic E-state index is 13.0. The first kappa shape index (κ1) is 20.5. The molecule has 1 atom stereocenters. The smallest absolute Gasteiger partial charge is 0.271 e. The SMILES string of the molecule is Cc1ccc([N+](=O)[O-])cc1NC(=O)C1CC(=O)Nc2nc(N3CCOCC3)[nH]c(=O)c21. The van der Waals surface area contributed by atoms with E-state index in [4.69, 9.17) is 4.74 Å². The fraction of sp³-hybridized carbons (Fsp3) is 0.368. The van der Waals surface area contributed by atoms with Gasteiger partial charge in [-0.15, -0.1) is 0 Å². The summed E-state index contributed by atoms with van der Waals surface area (Å²) < 4.78 is 5.29. The molecule has 1 unspecified atom stereocenters. The Morgan fingerprint density at radius 3 is 2.77 bits per heavy atom. The standard InChI is InChI=1S/C19H20N6O6/c1-10-2-3-11(25(29)30)8-13(10)20-17(27)12-9-14(26)21-16-15(12)18(28)23-19(22-16)24-4-6-31-7-5-24/h2-3,8,12H,4-7,9H2,1H3,(H,20,27)(H2,21,22,23,26,28). The van der Waals surface area contributed by atoms with Crippen LogP contribution in [0.15, 0.2) is 23.0 Å². The Hall–Kier alpha value is -3.80. The number of aryl methyl sites for hydroxylation is 1. The number of nitro benzene ring substituents is 1. The number of H-pyrrole nitrogens is 1. The van der Waals surface area contributed by atoms with Gasteiger partial charge in [0, 0.05) is 31.6 Å². The fourth-order valence-electron chi connectivity index (χ4n) is 3.59. The number of aromatic amines is 1. The van der Waals surface area contributed by atoms with Crippen LogP contribution >= 0.6 is 0 Å². The number of benzene rings is 1. The molecule has 0 saturated carbocycles. The maximum absolute atomic E-state index is 13.0. The third-order valence-corrected chi connectivity index (χ3v) is 5.26. The normalized spacial score (nSPS) is 18.2. The average molecular weight is 428 g/mol. The second kappa shape index (κ2) is 8.14. The van der Waals surface area contributed by atoms with Crippen molar-refractivity contribution < 1.29 is 19.2 Å². The number of fused-ring (bicyclic) bond motifs is 1. The molecule has 3 N–H and O–H groups in total. The van der Waals surface area contributed by atoms with E-state index in [9.17, 15) is 24.5 Å². The minimum absolute atomic E-state index is 0.0393. The van der Waals surface area contributed by atoms with Crippen LogP contribution in [-0.2, 0) is 14.3 Å². The quantitative estimate of drug-likeness (QED) is 0.478. The number of anilines is 3. The number of nitro groups is 1. The monoisotopic (exact) mass is 428 g/mol. The number of rotatable bonds is 4. The van der Waals surface area contributed by atoms with E-state index in [1.807, 2.05) is 4.90 Å². The van der Waals surface area contributed by atoms with Gasteiger partial charge in [0.25, 0.3) is 11.2 Å². The van der Waals surface area contributed by atoms with E-state index >= 15 is 0 Å². The lowest BCUT2D eigenvalue weighted by Gasteiger charge is -2.29. The molecule has 31 heavy (non-hydrogen) atoms. The number of carbonyl (C=O) groups is 2. The van der Waals surface area contributed by atoms with Gasteiger partial charge in [-0.2, -0.15) is 4.98 Å². The average Bonchev–Trinajstić information content (AvgIpc) is 2.74. The molecule has 3 heterocycles. The highest BCUT2D eigenvalue weighted by atomic mass is 16.6. The van der Waals surface area contributed by atoms with Gasteiger partial charge in [-0.3, -0.25) is 29.5 Å². The highest BCUT2D eigenvalue weighted by Gasteiger charge is 2.35. The molecule has 2 amide bonds. The Kier molecular flexibility index (Phi) is 5.38. The van der Waals surface area contributed by atoms with Crippen molar-refractivity contribution >= 4 is 35.0 Å². The van der Waals surface area contributed by atoms with Gasteiger partial charge in [-0.05, 0) is 12.5 Å². The molecule has 0 aliphatic carbocycles. The summed E-state index contributed by atoms with van der Waals surface area (Å²) in [6, 6.07) is 4.08. The number of amides is 2. The first-order chi connectivity index (χ1) is 14.8. The van der Waals surface area contributed by atoms with Crippen LogP contribution in [-0.4, -0.2) is 53.0 Å². The Morgan fingerprint density at radius 2 is 2.06 bits per heavy atom. The Bertz CT molecular complexity index is 1120. The van der Waals surface area contributed by atoms with Crippen LogP contribution < -0.4 is 21.1 Å². The summed E-state index contributed by atoms with van der Waals surface area (Å²) in [4.78, 5) is 57.4. The second-order valence-electron chi connectivity index (χ2n) is 7.30. The van der Waals surface area contributed by atoms with E-state index in [-0.39, 0.29) is 29.2 Å². The molecule has 2 aliphatic rings. The van der Waals surface area contributed by atoms with Crippen LogP contribution in [0.1, 0.15) is 23.5 Å². The molecule has 2 aromatic rings. The molecule has 12 heteroatoms. The zero-order chi connectivity index (χ0) is 22.1. The lowest BCUT2D eigenvalue weighted by atomic mass is 9.92. The van der Waals surface area contributed by atoms with Gasteiger partial charge in [0.05, 0.1) is 35.3 Å². The van der Waals surface area contributed by atoms with Crippen LogP contribution in [0, 0.1) is 17.0 Å². The van der Waals surface area contributed by atoms with Crippen LogP contribution in [0.4, 0.5) is 23.1 Å². The number of carbonyl (C=O) groups excluding carboxylic acids is 2. The summed E-state index contributed by atoms with van der Waals surface area (Å²) in [6.07, 6.45) is -0.242. The molecule has 0 radical (unpaired) electrons. The highest BCUT2D eigenvalue weighted by molar-refractivity contribution is 6.04. The van der Waals surface area contributed by atoms with Gasteiger partial charge in [0.2, 0.25) is 17.8 Å². The lowest BCUT2D eigenvalue weighted by molar-refractivity contribution is -0.384. The van der Waals surface area contributed by atoms with Gasteiger partial charge >= 0.3 is 0 Å². The Labute approximate surface area is 175 Å². The van der Waals surface area contributed by atoms with Crippen molar-refractivity contribution in [2.24, 2.45) is 0 Å². The number of non-ortho nitro benzene ring substituents is 1. The molecule has 162 valence electrons. The summed E-state index contributed by atoms with van der Waals surface area (Å²) in [5.74, 6) is -1.82. The van der Waals surface area contributed by atoms with E-state index in [0.29, 0.717) is 37.8 Å². The fourth-order valence-corrected chi connectivity index (χ4v) is 3.59. The van der Waals surface area contributed by atoms with E-state index in [1.54, 1.807) is 6.92 Å². The van der Waals surface area contributed by atoms with Crippen LogP contribution in [0.5, 0.6) is 0 Å².